The number of hydrogen-bond acceptors (Lipinski definition) is 1. The number of nitrogens with two attached hydrogens (primary N) is 1. The van der Waals surface area contributed by atoms with Crippen LogP contribution in [-0.4, -0.2) is 12.5 Å². The van der Waals surface area contributed by atoms with Gasteiger partial charge in [-0.3, -0.25) is 4.79 Å². The minimum absolute atomic E-state index is 0.0118. The van der Waals surface area contributed by atoms with Gasteiger partial charge in [0.2, 0.25) is 0 Å². The van der Waals surface area contributed by atoms with Gasteiger partial charge in [-0.25, -0.2) is 0 Å². The molecule has 0 unspecified atom stereocenters. The maximum Gasteiger partial charge on any atom is 0.279 e. The van der Waals surface area contributed by atoms with Gasteiger partial charge in [0, 0.05) is 16.0 Å². The fourth-order valence-electron chi connectivity index (χ4n) is 2.77. The van der Waals surface area contributed by atoms with Gasteiger partial charge in [0.25, 0.3) is 5.91 Å². The van der Waals surface area contributed by atoms with Crippen LogP contribution in [0.25, 0.3) is 0 Å². The molecule has 0 aliphatic rings. The average Bonchev–Trinajstić information content (AvgIpc) is 2.57. The molecule has 2 rings (SSSR count). The number of carbonyl (C=O) groups is 1. The molecule has 0 aromatic heterocycles. The van der Waals surface area contributed by atoms with Crippen LogP contribution in [0.15, 0.2) is 53.0 Å². The maximum absolute atomic E-state index is 12.3. The second kappa shape index (κ2) is 9.00. The Morgan fingerprint density at radius 3 is 2.38 bits per heavy atom. The van der Waals surface area contributed by atoms with E-state index in [0.717, 1.165) is 16.6 Å². The van der Waals surface area contributed by atoms with E-state index in [-0.39, 0.29) is 11.9 Å². The molecule has 0 bridgehead atoms. The van der Waals surface area contributed by atoms with Gasteiger partial charge in [0.05, 0.1) is 5.69 Å². The first-order valence-electron chi connectivity index (χ1n) is 8.47. The zero-order chi connectivity index (χ0) is 17.5. The number of nitrogens with one attached hydrogen (secondary N) is 1. The van der Waals surface area contributed by atoms with Crippen molar-refractivity contribution in [3.8, 4) is 0 Å². The summed E-state index contributed by atoms with van der Waals surface area (Å²) in [6, 6.07) is 16.7. The number of aryl methyl sites for hydroxylation is 1. The Kier molecular flexibility index (Phi) is 7.00. The lowest BCUT2D eigenvalue weighted by Crippen LogP contribution is -2.88. The summed E-state index contributed by atoms with van der Waals surface area (Å²) in [7, 11) is 0. The highest BCUT2D eigenvalue weighted by Crippen LogP contribution is 2.21. The molecule has 0 fully saturated rings. The highest BCUT2D eigenvalue weighted by atomic mass is 79.9. The molecule has 4 heteroatoms. The van der Waals surface area contributed by atoms with Gasteiger partial charge in [-0.05, 0) is 40.0 Å². The molecule has 3 N–H and O–H groups in total. The Labute approximate surface area is 153 Å². The molecule has 0 saturated heterocycles. The van der Waals surface area contributed by atoms with Crippen molar-refractivity contribution in [1.29, 1.82) is 0 Å². The third-order valence-electron chi connectivity index (χ3n) is 4.20. The van der Waals surface area contributed by atoms with Crippen LogP contribution in [0.4, 0.5) is 5.69 Å². The summed E-state index contributed by atoms with van der Waals surface area (Å²) in [5.41, 5.74) is 3.42. The van der Waals surface area contributed by atoms with Crippen molar-refractivity contribution in [2.75, 3.05) is 11.9 Å². The molecule has 2 aromatic rings. The van der Waals surface area contributed by atoms with Crippen molar-refractivity contribution in [3.63, 3.8) is 0 Å². The largest absolute Gasteiger partial charge is 0.332 e. The van der Waals surface area contributed by atoms with Crippen molar-refractivity contribution in [1.82, 2.24) is 0 Å². The van der Waals surface area contributed by atoms with Gasteiger partial charge in [0.15, 0.2) is 6.54 Å². The molecule has 24 heavy (non-hydrogen) atoms. The Morgan fingerprint density at radius 1 is 1.12 bits per heavy atom. The number of benzene rings is 2. The summed E-state index contributed by atoms with van der Waals surface area (Å²) in [6.45, 7) is 6.95. The Bertz CT molecular complexity index is 668. The SMILES string of the molecule is CCc1ccc([C@@H]([NH2+]CC(=O)Nc2ccccc2Br)C(C)C)cc1. The fraction of sp³-hybridized carbons (Fsp3) is 0.350. The lowest BCUT2D eigenvalue weighted by molar-refractivity contribution is -0.692. The molecular formula is C20H26BrN2O+. The van der Waals surface area contributed by atoms with Gasteiger partial charge in [-0.2, -0.15) is 0 Å². The summed E-state index contributed by atoms with van der Waals surface area (Å²) in [5, 5.41) is 5.08. The van der Waals surface area contributed by atoms with Crippen LogP contribution in [-0.2, 0) is 11.2 Å². The second-order valence-corrected chi connectivity index (χ2v) is 7.19. The molecule has 0 radical (unpaired) electrons. The van der Waals surface area contributed by atoms with E-state index in [1.807, 2.05) is 24.3 Å². The summed E-state index contributed by atoms with van der Waals surface area (Å²) < 4.78 is 0.897. The monoisotopic (exact) mass is 389 g/mol. The van der Waals surface area contributed by atoms with Gasteiger partial charge < -0.3 is 10.6 Å². The predicted octanol–water partition coefficient (Wildman–Crippen LogP) is 3.91. The molecule has 0 spiro atoms. The molecule has 128 valence electrons. The number of hydrogen-bond donors (Lipinski definition) is 2. The molecule has 2 aromatic carbocycles. The smallest absolute Gasteiger partial charge is 0.279 e. The van der Waals surface area contributed by atoms with E-state index in [9.17, 15) is 4.79 Å². The predicted molar refractivity (Wildman–Crippen MR) is 103 cm³/mol. The van der Waals surface area contributed by atoms with E-state index in [4.69, 9.17) is 0 Å². The number of carbonyl (C=O) groups excluding carboxylic acids is 1. The van der Waals surface area contributed by atoms with Gasteiger partial charge >= 0.3 is 0 Å². The molecule has 0 aliphatic heterocycles. The Hall–Kier alpha value is -1.65. The highest BCUT2D eigenvalue weighted by molar-refractivity contribution is 9.10. The van der Waals surface area contributed by atoms with Crippen LogP contribution in [0.1, 0.15) is 37.9 Å². The van der Waals surface area contributed by atoms with E-state index in [1.165, 1.54) is 11.1 Å². The van der Waals surface area contributed by atoms with Crippen LogP contribution in [0.5, 0.6) is 0 Å². The Morgan fingerprint density at radius 2 is 1.79 bits per heavy atom. The van der Waals surface area contributed by atoms with Crippen LogP contribution in [0, 0.1) is 5.92 Å². The van der Waals surface area contributed by atoms with Crippen molar-refractivity contribution >= 4 is 27.5 Å². The zero-order valence-corrected chi connectivity index (χ0v) is 16.1. The average molecular weight is 390 g/mol. The normalized spacial score (nSPS) is 12.2. The topological polar surface area (TPSA) is 45.7 Å². The van der Waals surface area contributed by atoms with E-state index < -0.39 is 0 Å². The third-order valence-corrected chi connectivity index (χ3v) is 4.89. The van der Waals surface area contributed by atoms with E-state index in [1.54, 1.807) is 0 Å². The number of quaternary nitrogens is 1. The molecule has 0 heterocycles. The minimum atomic E-state index is 0.0118. The van der Waals surface area contributed by atoms with Gasteiger partial charge in [0.1, 0.15) is 6.04 Å². The number of halogens is 1. The van der Waals surface area contributed by atoms with Crippen molar-refractivity contribution in [2.45, 2.75) is 33.2 Å². The summed E-state index contributed by atoms with van der Waals surface area (Å²) >= 11 is 3.45. The minimum Gasteiger partial charge on any atom is -0.332 e. The fourth-order valence-corrected chi connectivity index (χ4v) is 3.15. The van der Waals surface area contributed by atoms with E-state index >= 15 is 0 Å². The van der Waals surface area contributed by atoms with E-state index in [0.29, 0.717) is 12.5 Å². The molecule has 1 atom stereocenters. The summed E-state index contributed by atoms with van der Waals surface area (Å²) in [5.74, 6) is 0.464. The first-order valence-corrected chi connectivity index (χ1v) is 9.27. The van der Waals surface area contributed by atoms with Crippen LogP contribution in [0.3, 0.4) is 0 Å². The third kappa shape index (κ3) is 5.18. The molecule has 1 amide bonds. The van der Waals surface area contributed by atoms with Crippen molar-refractivity contribution in [2.24, 2.45) is 5.92 Å². The second-order valence-electron chi connectivity index (χ2n) is 6.33. The Balaban J connectivity index is 1.98. The van der Waals surface area contributed by atoms with Gasteiger partial charge in [-0.1, -0.05) is 57.2 Å². The van der Waals surface area contributed by atoms with Crippen LogP contribution >= 0.6 is 15.9 Å². The van der Waals surface area contributed by atoms with Crippen LogP contribution < -0.4 is 10.6 Å². The first-order chi connectivity index (χ1) is 11.5. The lowest BCUT2D eigenvalue weighted by Gasteiger charge is -2.20. The highest BCUT2D eigenvalue weighted by Gasteiger charge is 2.20. The quantitative estimate of drug-likeness (QED) is 0.740. The zero-order valence-electron chi connectivity index (χ0n) is 14.6. The molecule has 3 nitrogen and oxygen atoms in total. The van der Waals surface area contributed by atoms with Crippen LogP contribution in [0.2, 0.25) is 0 Å². The number of amides is 1. The lowest BCUT2D eigenvalue weighted by atomic mass is 9.95. The standard InChI is InChI=1S/C20H25BrN2O/c1-4-15-9-11-16(12-10-15)20(14(2)3)22-13-19(24)23-18-8-6-5-7-17(18)21/h5-12,14,20,22H,4,13H2,1-3H3,(H,23,24)/p+1/t20-/m0/s1. The molecular weight excluding hydrogens is 364 g/mol. The van der Waals surface area contributed by atoms with Crippen molar-refractivity contribution in [3.05, 3.63) is 64.1 Å². The molecule has 0 aliphatic carbocycles. The first kappa shape index (κ1) is 18.7. The van der Waals surface area contributed by atoms with Crippen molar-refractivity contribution < 1.29 is 10.1 Å². The summed E-state index contributed by atoms with van der Waals surface area (Å²) in [4.78, 5) is 12.3. The summed E-state index contributed by atoms with van der Waals surface area (Å²) in [6.07, 6.45) is 1.05. The molecule has 0 saturated carbocycles. The van der Waals surface area contributed by atoms with E-state index in [2.05, 4.69) is 71.6 Å². The number of rotatable bonds is 7. The number of anilines is 1. The maximum atomic E-state index is 12.3. The van der Waals surface area contributed by atoms with Gasteiger partial charge in [-0.15, -0.1) is 0 Å². The number of para-hydroxylation sites is 1.